The van der Waals surface area contributed by atoms with E-state index >= 15 is 0 Å². The molecule has 25 heavy (non-hydrogen) atoms. The number of rotatable bonds is 11. The first kappa shape index (κ1) is 18.8. The molecular weight excluding hydrogens is 306 g/mol. The van der Waals surface area contributed by atoms with Gasteiger partial charge in [-0.25, -0.2) is 0 Å². The van der Waals surface area contributed by atoms with Crippen LogP contribution in [0.4, 0.5) is 0 Å². The summed E-state index contributed by atoms with van der Waals surface area (Å²) in [6.07, 6.45) is 10.7. The molecule has 0 heterocycles. The highest BCUT2D eigenvalue weighted by Crippen LogP contribution is 2.23. The summed E-state index contributed by atoms with van der Waals surface area (Å²) >= 11 is 0. The maximum Gasteiger partial charge on any atom is 0.119 e. The average Bonchev–Trinajstić information content (AvgIpc) is 2.67. The largest absolute Gasteiger partial charge is 0.494 e. The summed E-state index contributed by atoms with van der Waals surface area (Å²) in [5.41, 5.74) is 2.93. The molecule has 0 aromatic heterocycles. The van der Waals surface area contributed by atoms with Crippen LogP contribution in [0.25, 0.3) is 11.1 Å². The van der Waals surface area contributed by atoms with Crippen LogP contribution in [0, 0.1) is 11.3 Å². The Bertz CT molecular complexity index is 665. The SMILES string of the molecule is C=CCCCCCCCCOc1ccc(-c2ccc(C#N)cc2)cc1. The second-order valence-corrected chi connectivity index (χ2v) is 6.26. The third kappa shape index (κ3) is 6.85. The van der Waals surface area contributed by atoms with Gasteiger partial charge in [-0.2, -0.15) is 5.26 Å². The van der Waals surface area contributed by atoms with Crippen LogP contribution in [-0.2, 0) is 0 Å². The number of nitrogens with zero attached hydrogens (tertiary/aromatic N) is 1. The number of hydrogen-bond acceptors (Lipinski definition) is 2. The van der Waals surface area contributed by atoms with Crippen molar-refractivity contribution in [2.75, 3.05) is 6.61 Å². The molecule has 2 nitrogen and oxygen atoms in total. The van der Waals surface area contributed by atoms with Crippen molar-refractivity contribution in [3.05, 3.63) is 66.7 Å². The van der Waals surface area contributed by atoms with Crippen molar-refractivity contribution in [3.8, 4) is 22.9 Å². The topological polar surface area (TPSA) is 33.0 Å². The fourth-order valence-corrected chi connectivity index (χ4v) is 2.77. The zero-order chi connectivity index (χ0) is 17.7. The van der Waals surface area contributed by atoms with Crippen molar-refractivity contribution in [1.82, 2.24) is 0 Å². The summed E-state index contributed by atoms with van der Waals surface area (Å²) in [4.78, 5) is 0. The minimum Gasteiger partial charge on any atom is -0.494 e. The molecule has 0 radical (unpaired) electrons. The first-order chi connectivity index (χ1) is 12.3. The van der Waals surface area contributed by atoms with Crippen LogP contribution >= 0.6 is 0 Å². The number of nitriles is 1. The van der Waals surface area contributed by atoms with E-state index < -0.39 is 0 Å². The van der Waals surface area contributed by atoms with Gasteiger partial charge in [0.25, 0.3) is 0 Å². The third-order valence-corrected chi connectivity index (χ3v) is 4.27. The highest BCUT2D eigenvalue weighted by molar-refractivity contribution is 5.64. The highest BCUT2D eigenvalue weighted by Gasteiger charge is 2.00. The first-order valence-electron chi connectivity index (χ1n) is 9.18. The molecule has 0 spiro atoms. The van der Waals surface area contributed by atoms with Gasteiger partial charge in [0, 0.05) is 0 Å². The maximum absolute atomic E-state index is 8.85. The molecule has 0 saturated heterocycles. The average molecular weight is 333 g/mol. The van der Waals surface area contributed by atoms with Gasteiger partial charge in [0.05, 0.1) is 18.2 Å². The van der Waals surface area contributed by atoms with E-state index in [2.05, 4.69) is 24.8 Å². The molecule has 0 N–H and O–H groups in total. The van der Waals surface area contributed by atoms with E-state index in [9.17, 15) is 0 Å². The van der Waals surface area contributed by atoms with Crippen LogP contribution in [0.2, 0.25) is 0 Å². The standard InChI is InChI=1S/C23H27NO/c1-2-3-4-5-6-7-8-9-18-25-23-16-14-22(15-17-23)21-12-10-20(19-24)11-13-21/h2,10-17H,1,3-9,18H2. The molecule has 2 aromatic rings. The predicted octanol–water partition coefficient (Wildman–Crippen LogP) is 6.52. The van der Waals surface area contributed by atoms with E-state index in [1.807, 2.05) is 42.5 Å². The Kier molecular flexibility index (Phi) is 8.35. The predicted molar refractivity (Wildman–Crippen MR) is 105 cm³/mol. The lowest BCUT2D eigenvalue weighted by Gasteiger charge is -2.08. The van der Waals surface area contributed by atoms with Crippen LogP contribution in [-0.4, -0.2) is 6.61 Å². The van der Waals surface area contributed by atoms with Crippen molar-refractivity contribution in [3.63, 3.8) is 0 Å². The Morgan fingerprint density at radius 3 is 1.96 bits per heavy atom. The van der Waals surface area contributed by atoms with E-state index in [-0.39, 0.29) is 0 Å². The molecule has 0 saturated carbocycles. The van der Waals surface area contributed by atoms with Crippen molar-refractivity contribution in [1.29, 1.82) is 5.26 Å². The fourth-order valence-electron chi connectivity index (χ4n) is 2.77. The van der Waals surface area contributed by atoms with Gasteiger partial charge >= 0.3 is 0 Å². The molecule has 0 bridgehead atoms. The lowest BCUT2D eigenvalue weighted by atomic mass is 10.0. The fraction of sp³-hybridized carbons (Fsp3) is 0.348. The van der Waals surface area contributed by atoms with E-state index in [4.69, 9.17) is 10.00 Å². The van der Waals surface area contributed by atoms with E-state index in [0.29, 0.717) is 5.56 Å². The molecule has 0 aliphatic carbocycles. The lowest BCUT2D eigenvalue weighted by Crippen LogP contribution is -1.97. The first-order valence-corrected chi connectivity index (χ1v) is 9.18. The van der Waals surface area contributed by atoms with Crippen LogP contribution in [0.15, 0.2) is 61.2 Å². The molecule has 0 aliphatic heterocycles. The van der Waals surface area contributed by atoms with Gasteiger partial charge in [0.1, 0.15) is 5.75 Å². The molecule has 0 fully saturated rings. The Hall–Kier alpha value is -2.53. The minimum absolute atomic E-state index is 0.685. The molecule has 2 heteroatoms. The van der Waals surface area contributed by atoms with Crippen molar-refractivity contribution in [2.45, 2.75) is 44.9 Å². The van der Waals surface area contributed by atoms with Gasteiger partial charge in [-0.15, -0.1) is 6.58 Å². The number of unbranched alkanes of at least 4 members (excludes halogenated alkanes) is 6. The molecule has 0 amide bonds. The number of benzene rings is 2. The van der Waals surface area contributed by atoms with Crippen molar-refractivity contribution < 1.29 is 4.74 Å². The van der Waals surface area contributed by atoms with Gasteiger partial charge < -0.3 is 4.74 Å². The minimum atomic E-state index is 0.685. The van der Waals surface area contributed by atoms with Gasteiger partial charge in [0.2, 0.25) is 0 Å². The number of ether oxygens (including phenoxy) is 1. The molecule has 0 aliphatic rings. The zero-order valence-electron chi connectivity index (χ0n) is 14.9. The molecule has 2 aromatic carbocycles. The van der Waals surface area contributed by atoms with E-state index in [1.54, 1.807) is 0 Å². The summed E-state index contributed by atoms with van der Waals surface area (Å²) in [7, 11) is 0. The quantitative estimate of drug-likeness (QED) is 0.346. The van der Waals surface area contributed by atoms with Gasteiger partial charge in [-0.1, -0.05) is 56.0 Å². The number of allylic oxidation sites excluding steroid dienone is 1. The summed E-state index contributed by atoms with van der Waals surface area (Å²) in [5.74, 6) is 0.920. The maximum atomic E-state index is 8.85. The normalized spacial score (nSPS) is 10.2. The highest BCUT2D eigenvalue weighted by atomic mass is 16.5. The summed E-state index contributed by atoms with van der Waals surface area (Å²) < 4.78 is 5.82. The van der Waals surface area contributed by atoms with Crippen molar-refractivity contribution in [2.24, 2.45) is 0 Å². The van der Waals surface area contributed by atoms with E-state index in [1.165, 1.54) is 32.1 Å². The zero-order valence-corrected chi connectivity index (χ0v) is 14.9. The molecule has 2 rings (SSSR count). The Morgan fingerprint density at radius 2 is 1.36 bits per heavy atom. The van der Waals surface area contributed by atoms with Gasteiger partial charge in [-0.3, -0.25) is 0 Å². The Morgan fingerprint density at radius 1 is 0.800 bits per heavy atom. The monoisotopic (exact) mass is 333 g/mol. The Labute approximate surface area is 151 Å². The molecule has 130 valence electrons. The Balaban J connectivity index is 1.66. The van der Waals surface area contributed by atoms with E-state index in [0.717, 1.165) is 36.3 Å². The van der Waals surface area contributed by atoms with Gasteiger partial charge in [0.15, 0.2) is 0 Å². The molecule has 0 atom stereocenters. The van der Waals surface area contributed by atoms with Crippen LogP contribution in [0.1, 0.15) is 50.5 Å². The lowest BCUT2D eigenvalue weighted by molar-refractivity contribution is 0.304. The molecular formula is C23H27NO. The molecule has 0 unspecified atom stereocenters. The summed E-state index contributed by atoms with van der Waals surface area (Å²) in [6.45, 7) is 4.53. The third-order valence-electron chi connectivity index (χ3n) is 4.27. The smallest absolute Gasteiger partial charge is 0.119 e. The second-order valence-electron chi connectivity index (χ2n) is 6.26. The van der Waals surface area contributed by atoms with Crippen molar-refractivity contribution >= 4 is 0 Å². The van der Waals surface area contributed by atoms with Crippen LogP contribution in [0.5, 0.6) is 5.75 Å². The van der Waals surface area contributed by atoms with Gasteiger partial charge in [-0.05, 0) is 54.7 Å². The van der Waals surface area contributed by atoms with Crippen LogP contribution in [0.3, 0.4) is 0 Å². The summed E-state index contributed by atoms with van der Waals surface area (Å²) in [5, 5.41) is 8.85. The second kappa shape index (κ2) is 11.1. The number of hydrogen-bond donors (Lipinski definition) is 0. The summed E-state index contributed by atoms with van der Waals surface area (Å²) in [6, 6.07) is 17.9. The van der Waals surface area contributed by atoms with Crippen LogP contribution < -0.4 is 4.74 Å².